The first-order chi connectivity index (χ1) is 15.0. The third-order valence-electron chi connectivity index (χ3n) is 4.62. The maximum atomic E-state index is 12.4. The maximum Gasteiger partial charge on any atom is 0.338 e. The van der Waals surface area contributed by atoms with Gasteiger partial charge in [0.25, 0.3) is 0 Å². The van der Waals surface area contributed by atoms with Gasteiger partial charge in [-0.05, 0) is 44.0 Å². The molecular weight excluding hydrogens is 392 g/mol. The summed E-state index contributed by atoms with van der Waals surface area (Å²) in [6.07, 6.45) is 0. The molecule has 1 heterocycles. The van der Waals surface area contributed by atoms with Crippen LogP contribution in [0.5, 0.6) is 0 Å². The second-order valence-electron chi connectivity index (χ2n) is 7.06. The molecule has 2 N–H and O–H groups in total. The van der Waals surface area contributed by atoms with Crippen molar-refractivity contribution in [2.45, 2.75) is 40.5 Å². The van der Waals surface area contributed by atoms with Crippen LogP contribution in [0.3, 0.4) is 0 Å². The largest absolute Gasteiger partial charge is 0.457 e. The molecule has 0 aliphatic carbocycles. The minimum absolute atomic E-state index is 0.246. The van der Waals surface area contributed by atoms with Crippen molar-refractivity contribution in [3.05, 3.63) is 88.6 Å². The van der Waals surface area contributed by atoms with E-state index < -0.39 is 0 Å². The Balaban J connectivity index is 1.59. The summed E-state index contributed by atoms with van der Waals surface area (Å²) in [6.45, 7) is 7.63. The topological polar surface area (TPSA) is 88.8 Å². The molecular formula is C24H28N4O3. The Bertz CT molecular complexity index is 1010. The van der Waals surface area contributed by atoms with Crippen molar-refractivity contribution in [1.82, 2.24) is 15.6 Å². The summed E-state index contributed by atoms with van der Waals surface area (Å²) in [7, 11) is 0. The standard InChI is InChI=1S/C24H28N4O3/c1-4-25-24(27-15-22-28-17(2)18(3)31-22)26-14-20-11-8-12-21(13-20)23(29)30-16-19-9-6-5-7-10-19/h5-13H,4,14-16H2,1-3H3,(H2,25,26,27). The van der Waals surface area contributed by atoms with E-state index in [-0.39, 0.29) is 12.6 Å². The number of nitrogens with zero attached hydrogens (tertiary/aromatic N) is 2. The Kier molecular flexibility index (Phi) is 7.81. The normalized spacial score (nSPS) is 11.3. The van der Waals surface area contributed by atoms with Crippen LogP contribution in [0.1, 0.15) is 45.8 Å². The molecule has 0 aliphatic rings. The zero-order valence-corrected chi connectivity index (χ0v) is 18.1. The lowest BCUT2D eigenvalue weighted by Gasteiger charge is -2.10. The van der Waals surface area contributed by atoms with Crippen molar-refractivity contribution in [3.63, 3.8) is 0 Å². The lowest BCUT2D eigenvalue weighted by molar-refractivity contribution is 0.0472. The highest BCUT2D eigenvalue weighted by atomic mass is 16.5. The SMILES string of the molecule is CCNC(=NCc1cccc(C(=O)OCc2ccccc2)c1)NCc1nc(C)c(C)o1. The van der Waals surface area contributed by atoms with E-state index in [1.165, 1.54) is 0 Å². The zero-order valence-electron chi connectivity index (χ0n) is 18.1. The second kappa shape index (κ2) is 11.0. The molecule has 0 amide bonds. The summed E-state index contributed by atoms with van der Waals surface area (Å²) in [6, 6.07) is 16.9. The van der Waals surface area contributed by atoms with Gasteiger partial charge in [-0.25, -0.2) is 14.8 Å². The minimum Gasteiger partial charge on any atom is -0.457 e. The number of oxazole rings is 1. The fourth-order valence-electron chi connectivity index (χ4n) is 2.89. The van der Waals surface area contributed by atoms with Crippen LogP contribution in [0.25, 0.3) is 0 Å². The van der Waals surface area contributed by atoms with Crippen molar-refractivity contribution >= 4 is 11.9 Å². The molecule has 0 bridgehead atoms. The molecule has 2 aromatic carbocycles. The van der Waals surface area contributed by atoms with Gasteiger partial charge in [0.1, 0.15) is 12.4 Å². The van der Waals surface area contributed by atoms with E-state index in [0.29, 0.717) is 30.5 Å². The summed E-state index contributed by atoms with van der Waals surface area (Å²) in [5.41, 5.74) is 3.26. The molecule has 0 fully saturated rings. The van der Waals surface area contributed by atoms with Gasteiger partial charge < -0.3 is 19.8 Å². The molecule has 0 saturated heterocycles. The van der Waals surface area contributed by atoms with Gasteiger partial charge in [0, 0.05) is 6.54 Å². The van der Waals surface area contributed by atoms with Gasteiger partial charge in [-0.15, -0.1) is 0 Å². The Labute approximate surface area is 182 Å². The van der Waals surface area contributed by atoms with E-state index in [4.69, 9.17) is 9.15 Å². The first kappa shape index (κ1) is 22.1. The maximum absolute atomic E-state index is 12.4. The lowest BCUT2D eigenvalue weighted by atomic mass is 10.1. The number of carbonyl (C=O) groups excluding carboxylic acids is 1. The van der Waals surface area contributed by atoms with Gasteiger partial charge in [-0.2, -0.15) is 0 Å². The van der Waals surface area contributed by atoms with Gasteiger partial charge in [-0.1, -0.05) is 42.5 Å². The highest BCUT2D eigenvalue weighted by molar-refractivity contribution is 5.89. The number of guanidine groups is 1. The summed E-state index contributed by atoms with van der Waals surface area (Å²) >= 11 is 0. The number of esters is 1. The number of ether oxygens (including phenoxy) is 1. The molecule has 0 spiro atoms. The fourth-order valence-corrected chi connectivity index (χ4v) is 2.89. The van der Waals surface area contributed by atoms with Crippen LogP contribution < -0.4 is 10.6 Å². The predicted molar refractivity (Wildman–Crippen MR) is 120 cm³/mol. The molecule has 0 radical (unpaired) electrons. The third-order valence-corrected chi connectivity index (χ3v) is 4.62. The first-order valence-corrected chi connectivity index (χ1v) is 10.3. The van der Waals surface area contributed by atoms with Crippen molar-refractivity contribution < 1.29 is 13.9 Å². The van der Waals surface area contributed by atoms with Gasteiger partial charge in [-0.3, -0.25) is 0 Å². The van der Waals surface area contributed by atoms with Crippen LogP contribution in [-0.2, 0) is 24.4 Å². The number of hydrogen-bond acceptors (Lipinski definition) is 5. The van der Waals surface area contributed by atoms with Gasteiger partial charge in [0.15, 0.2) is 5.96 Å². The Morgan fingerprint density at radius 3 is 2.55 bits per heavy atom. The smallest absolute Gasteiger partial charge is 0.338 e. The number of aryl methyl sites for hydroxylation is 2. The first-order valence-electron chi connectivity index (χ1n) is 10.3. The Morgan fingerprint density at radius 1 is 1.06 bits per heavy atom. The highest BCUT2D eigenvalue weighted by Gasteiger charge is 2.09. The zero-order chi connectivity index (χ0) is 22.1. The van der Waals surface area contributed by atoms with E-state index >= 15 is 0 Å². The monoisotopic (exact) mass is 420 g/mol. The van der Waals surface area contributed by atoms with E-state index in [1.54, 1.807) is 12.1 Å². The van der Waals surface area contributed by atoms with Crippen LogP contribution in [0.15, 0.2) is 64.0 Å². The van der Waals surface area contributed by atoms with E-state index in [9.17, 15) is 4.79 Å². The molecule has 31 heavy (non-hydrogen) atoms. The van der Waals surface area contributed by atoms with Crippen LogP contribution >= 0.6 is 0 Å². The molecule has 3 rings (SSSR count). The lowest BCUT2D eigenvalue weighted by Crippen LogP contribution is -2.36. The van der Waals surface area contributed by atoms with Crippen LogP contribution in [-0.4, -0.2) is 23.5 Å². The van der Waals surface area contributed by atoms with Crippen molar-refractivity contribution in [2.24, 2.45) is 4.99 Å². The predicted octanol–water partition coefficient (Wildman–Crippen LogP) is 3.90. The summed E-state index contributed by atoms with van der Waals surface area (Å²) in [5, 5.41) is 6.41. The highest BCUT2D eigenvalue weighted by Crippen LogP contribution is 2.11. The fraction of sp³-hybridized carbons (Fsp3) is 0.292. The van der Waals surface area contributed by atoms with E-state index in [1.807, 2.05) is 63.2 Å². The molecule has 0 atom stereocenters. The van der Waals surface area contributed by atoms with Gasteiger partial charge in [0.05, 0.1) is 24.3 Å². The number of aliphatic imine (C=N–C) groups is 1. The molecule has 7 heteroatoms. The number of nitrogens with one attached hydrogen (secondary N) is 2. The Morgan fingerprint density at radius 2 is 1.84 bits per heavy atom. The van der Waals surface area contributed by atoms with Crippen molar-refractivity contribution in [3.8, 4) is 0 Å². The molecule has 7 nitrogen and oxygen atoms in total. The van der Waals surface area contributed by atoms with Crippen LogP contribution in [0.4, 0.5) is 0 Å². The average Bonchev–Trinajstić information content (AvgIpc) is 3.12. The Hall–Kier alpha value is -3.61. The molecule has 0 saturated carbocycles. The van der Waals surface area contributed by atoms with Crippen molar-refractivity contribution in [1.29, 1.82) is 0 Å². The van der Waals surface area contributed by atoms with Crippen molar-refractivity contribution in [2.75, 3.05) is 6.54 Å². The van der Waals surface area contributed by atoms with Crippen LogP contribution in [0.2, 0.25) is 0 Å². The number of hydrogen-bond donors (Lipinski definition) is 2. The number of rotatable bonds is 8. The quantitative estimate of drug-likeness (QED) is 0.326. The minimum atomic E-state index is -0.352. The summed E-state index contributed by atoms with van der Waals surface area (Å²) in [4.78, 5) is 21.4. The van der Waals surface area contributed by atoms with Crippen LogP contribution in [0, 0.1) is 13.8 Å². The van der Waals surface area contributed by atoms with Gasteiger partial charge >= 0.3 is 5.97 Å². The van der Waals surface area contributed by atoms with E-state index in [0.717, 1.165) is 29.1 Å². The molecule has 162 valence electrons. The number of benzene rings is 2. The molecule has 1 aromatic heterocycles. The molecule has 0 aliphatic heterocycles. The molecule has 3 aromatic rings. The summed E-state index contributed by atoms with van der Waals surface area (Å²) in [5.74, 6) is 1.72. The number of carbonyl (C=O) groups is 1. The van der Waals surface area contributed by atoms with Gasteiger partial charge in [0.2, 0.25) is 5.89 Å². The third kappa shape index (κ3) is 6.70. The summed E-state index contributed by atoms with van der Waals surface area (Å²) < 4.78 is 11.0. The average molecular weight is 421 g/mol. The number of aromatic nitrogens is 1. The van der Waals surface area contributed by atoms with E-state index in [2.05, 4.69) is 20.6 Å². The molecule has 0 unspecified atom stereocenters. The second-order valence-corrected chi connectivity index (χ2v) is 7.06.